The second-order valence-corrected chi connectivity index (χ2v) is 15.2. The summed E-state index contributed by atoms with van der Waals surface area (Å²) in [6, 6.07) is 6.05. The molecule has 4 fully saturated rings. The van der Waals surface area contributed by atoms with Crippen molar-refractivity contribution in [3.8, 4) is 41.2 Å². The third-order valence-corrected chi connectivity index (χ3v) is 11.7. The molecule has 2 aromatic heterocycles. The maximum absolute atomic E-state index is 17.1. The number of phenolic OH excluding ortho intramolecular Hbond substituents is 1. The van der Waals surface area contributed by atoms with Crippen LogP contribution in [0.3, 0.4) is 0 Å². The first-order chi connectivity index (χ1) is 24.5. The largest absolute Gasteiger partial charge is 0.508 e. The van der Waals surface area contributed by atoms with Crippen LogP contribution in [0.5, 0.6) is 17.6 Å². The van der Waals surface area contributed by atoms with Gasteiger partial charge in [-0.1, -0.05) is 18.4 Å². The number of hydrogen-bond donors (Lipinski definition) is 3. The molecule has 2 aromatic carbocycles. The minimum atomic E-state index is -0.839. The molecule has 3 N–H and O–H groups in total. The number of aromatic hydroxyl groups is 1. The summed E-state index contributed by atoms with van der Waals surface area (Å²) in [5.41, 5.74) is -1.10. The first-order valence-corrected chi connectivity index (χ1v) is 17.9. The highest BCUT2D eigenvalue weighted by molar-refractivity contribution is 6.04. The summed E-state index contributed by atoms with van der Waals surface area (Å²) in [6.45, 7) is 4.08. The molecule has 4 heterocycles. The average molecular weight is 700 g/mol. The Balaban J connectivity index is 1.25. The lowest BCUT2D eigenvalue weighted by atomic mass is 9.70. The van der Waals surface area contributed by atoms with E-state index in [1.807, 2.05) is 11.8 Å². The van der Waals surface area contributed by atoms with Crippen molar-refractivity contribution in [1.82, 2.24) is 19.9 Å². The number of halogens is 2. The number of hydrogen-bond acceptors (Lipinski definition) is 10. The summed E-state index contributed by atoms with van der Waals surface area (Å²) in [5.74, 6) is 1.05. The molecule has 8 rings (SSSR count). The van der Waals surface area contributed by atoms with E-state index in [0.717, 1.165) is 51.5 Å². The number of piperidine rings is 2. The zero-order chi connectivity index (χ0) is 35.7. The van der Waals surface area contributed by atoms with Gasteiger partial charge in [0.25, 0.3) is 0 Å². The van der Waals surface area contributed by atoms with Crippen LogP contribution in [-0.2, 0) is 0 Å². The number of methoxy groups -OCH3 is 1. The summed E-state index contributed by atoms with van der Waals surface area (Å²) in [4.78, 5) is 18.5. The van der Waals surface area contributed by atoms with Crippen LogP contribution < -0.4 is 14.4 Å². The van der Waals surface area contributed by atoms with Gasteiger partial charge in [-0.25, -0.2) is 13.8 Å². The van der Waals surface area contributed by atoms with Gasteiger partial charge in [-0.05, 0) is 88.4 Å². The minimum absolute atomic E-state index is 0.00415. The van der Waals surface area contributed by atoms with E-state index < -0.39 is 23.3 Å². The van der Waals surface area contributed by atoms with Crippen molar-refractivity contribution in [2.24, 2.45) is 5.41 Å². The standard InChI is InChI=1S/C39H43F2N5O5/c1-4-26-28(40)11-10-22-16-25(48)17-27(30(22)26)33-32(41)34-31(36(42-33)50-3)35(45-14-6-8-24(47)20-45)44-37(43-34)51-21-39-12-5-9-29(39)46(15-7-13-39)23-18-38(2,49)19-23/h1,10-11,16-17,23-24,29,47-49H,5-9,12-15,18-21H2,2-3H3. The lowest BCUT2D eigenvalue weighted by Gasteiger charge is -2.55. The fraction of sp³-hybridized carbons (Fsp3) is 0.513. The van der Waals surface area contributed by atoms with Crippen LogP contribution in [-0.4, -0.2) is 92.3 Å². The Bertz CT molecular complexity index is 2060. The SMILES string of the molecule is C#Cc1c(F)ccc2cc(O)cc(-c3nc(OC)c4c(N5CCCC(O)C5)nc(OCC56CCCC5N(C5CC(C)(O)C5)CCC6)nc4c3F)c12. The third-order valence-electron chi connectivity index (χ3n) is 11.7. The molecular weight excluding hydrogens is 656 g/mol. The smallest absolute Gasteiger partial charge is 0.319 e. The molecule has 4 aliphatic rings. The number of phenols is 1. The Hall–Kier alpha value is -4.31. The molecule has 0 spiro atoms. The predicted molar refractivity (Wildman–Crippen MR) is 189 cm³/mol. The molecular formula is C39H43F2N5O5. The van der Waals surface area contributed by atoms with Gasteiger partial charge in [0.2, 0.25) is 5.88 Å². The first-order valence-electron chi connectivity index (χ1n) is 17.9. The van der Waals surface area contributed by atoms with E-state index in [9.17, 15) is 19.7 Å². The molecule has 4 aromatic rings. The highest BCUT2D eigenvalue weighted by Gasteiger charge is 2.53. The van der Waals surface area contributed by atoms with Crippen LogP contribution >= 0.6 is 0 Å². The van der Waals surface area contributed by atoms with Crippen molar-refractivity contribution >= 4 is 27.5 Å². The molecule has 2 saturated carbocycles. The average Bonchev–Trinajstić information content (AvgIpc) is 3.54. The Kier molecular flexibility index (Phi) is 8.44. The van der Waals surface area contributed by atoms with Crippen molar-refractivity contribution in [3.63, 3.8) is 0 Å². The summed E-state index contributed by atoms with van der Waals surface area (Å²) < 4.78 is 44.4. The maximum Gasteiger partial charge on any atom is 0.319 e. The van der Waals surface area contributed by atoms with E-state index in [2.05, 4.69) is 20.8 Å². The number of β-amino-alcohol motifs (C(OH)–C–C–N with tert-alkyl or cyclic N) is 1. The first kappa shape index (κ1) is 33.8. The second kappa shape index (κ2) is 12.7. The van der Waals surface area contributed by atoms with Gasteiger partial charge in [-0.15, -0.1) is 6.42 Å². The van der Waals surface area contributed by atoms with E-state index in [1.165, 1.54) is 31.4 Å². The number of fused-ring (bicyclic) bond motifs is 3. The monoisotopic (exact) mass is 699 g/mol. The number of pyridine rings is 1. The molecule has 3 atom stereocenters. The molecule has 2 aliphatic carbocycles. The normalized spacial score (nSPS) is 28.0. The molecule has 2 saturated heterocycles. The van der Waals surface area contributed by atoms with Crippen molar-refractivity contribution in [3.05, 3.63) is 41.5 Å². The van der Waals surface area contributed by atoms with E-state index in [1.54, 1.807) is 0 Å². The molecule has 3 unspecified atom stereocenters. The molecule has 51 heavy (non-hydrogen) atoms. The van der Waals surface area contributed by atoms with Crippen molar-refractivity contribution in [2.75, 3.05) is 38.3 Å². The van der Waals surface area contributed by atoms with Gasteiger partial charge >= 0.3 is 6.01 Å². The van der Waals surface area contributed by atoms with E-state index >= 15 is 4.39 Å². The van der Waals surface area contributed by atoms with Crippen LogP contribution in [0.2, 0.25) is 0 Å². The van der Waals surface area contributed by atoms with Crippen LogP contribution in [0.4, 0.5) is 14.6 Å². The molecule has 0 bridgehead atoms. The van der Waals surface area contributed by atoms with Crippen molar-refractivity contribution in [1.29, 1.82) is 0 Å². The molecule has 2 aliphatic heterocycles. The number of ether oxygens (including phenoxy) is 2. The summed E-state index contributed by atoms with van der Waals surface area (Å²) in [6.07, 6.45) is 13.1. The summed E-state index contributed by atoms with van der Waals surface area (Å²) in [5, 5.41) is 32.6. The Morgan fingerprint density at radius 2 is 1.84 bits per heavy atom. The Morgan fingerprint density at radius 1 is 1.04 bits per heavy atom. The molecule has 12 heteroatoms. The number of nitrogens with zero attached hydrogens (tertiary/aromatic N) is 5. The Labute approximate surface area is 295 Å². The van der Waals surface area contributed by atoms with Gasteiger partial charge in [0.15, 0.2) is 5.82 Å². The number of terminal acetylenes is 1. The van der Waals surface area contributed by atoms with Crippen molar-refractivity contribution < 1.29 is 33.6 Å². The van der Waals surface area contributed by atoms with Gasteiger partial charge in [-0.2, -0.15) is 9.97 Å². The number of aliphatic hydroxyl groups excluding tert-OH is 1. The second-order valence-electron chi connectivity index (χ2n) is 15.2. The zero-order valence-electron chi connectivity index (χ0n) is 29.0. The number of anilines is 1. The third kappa shape index (κ3) is 5.79. The van der Waals surface area contributed by atoms with Crippen molar-refractivity contribution in [2.45, 2.75) is 88.5 Å². The summed E-state index contributed by atoms with van der Waals surface area (Å²) in [7, 11) is 1.41. The number of likely N-dealkylation sites (tertiary alicyclic amines) is 1. The Morgan fingerprint density at radius 3 is 2.59 bits per heavy atom. The topological polar surface area (TPSA) is 124 Å². The summed E-state index contributed by atoms with van der Waals surface area (Å²) >= 11 is 0. The lowest BCUT2D eigenvalue weighted by molar-refractivity contribution is -0.117. The quantitative estimate of drug-likeness (QED) is 0.207. The van der Waals surface area contributed by atoms with Crippen LogP contribution in [0, 0.1) is 29.4 Å². The van der Waals surface area contributed by atoms with Gasteiger partial charge in [-0.3, -0.25) is 4.90 Å². The van der Waals surface area contributed by atoms with E-state index in [0.29, 0.717) is 49.3 Å². The van der Waals surface area contributed by atoms with Gasteiger partial charge in [0, 0.05) is 41.5 Å². The van der Waals surface area contributed by atoms with Crippen LogP contribution in [0.25, 0.3) is 32.9 Å². The van der Waals surface area contributed by atoms with Gasteiger partial charge in [0.1, 0.15) is 34.0 Å². The number of aromatic nitrogens is 3. The molecule has 10 nitrogen and oxygen atoms in total. The van der Waals surface area contributed by atoms with Crippen LogP contribution in [0.1, 0.15) is 70.3 Å². The fourth-order valence-corrected chi connectivity index (χ4v) is 9.40. The predicted octanol–water partition coefficient (Wildman–Crippen LogP) is 5.71. The maximum atomic E-state index is 17.1. The zero-order valence-corrected chi connectivity index (χ0v) is 29.0. The van der Waals surface area contributed by atoms with Crippen LogP contribution in [0.15, 0.2) is 24.3 Å². The fourth-order valence-electron chi connectivity index (χ4n) is 9.40. The molecule has 0 amide bonds. The van der Waals surface area contributed by atoms with Gasteiger partial charge < -0.3 is 29.7 Å². The minimum Gasteiger partial charge on any atom is -0.508 e. The van der Waals surface area contributed by atoms with E-state index in [-0.39, 0.29) is 62.7 Å². The number of rotatable bonds is 7. The number of benzene rings is 2. The van der Waals surface area contributed by atoms with E-state index in [4.69, 9.17) is 20.9 Å². The number of aliphatic hydroxyl groups is 2. The molecule has 268 valence electrons. The lowest BCUT2D eigenvalue weighted by Crippen LogP contribution is -2.61. The van der Waals surface area contributed by atoms with Gasteiger partial charge in [0.05, 0.1) is 31.0 Å². The molecule has 0 radical (unpaired) electrons. The highest BCUT2D eigenvalue weighted by atomic mass is 19.1. The highest BCUT2D eigenvalue weighted by Crippen LogP contribution is 2.51.